The lowest BCUT2D eigenvalue weighted by atomic mass is 10.3. The Morgan fingerprint density at radius 3 is 2.62 bits per heavy atom. The fraction of sp³-hybridized carbons (Fsp3) is 0.714. The molecule has 0 aliphatic carbocycles. The Morgan fingerprint density at radius 1 is 1.38 bits per heavy atom. The molecule has 0 heterocycles. The number of unbranched alkanes of at least 4 members (excludes halogenated alkanes) is 1. The summed E-state index contributed by atoms with van der Waals surface area (Å²) in [6.07, 6.45) is 6.14. The van der Waals surface area contributed by atoms with Gasteiger partial charge in [-0.3, -0.25) is 0 Å². The lowest BCUT2D eigenvalue weighted by Gasteiger charge is -1.89. The Balaban J connectivity index is 2.83. The van der Waals surface area contributed by atoms with E-state index in [1.165, 1.54) is 6.42 Å². The number of rotatable bonds is 4. The second-order valence-corrected chi connectivity index (χ2v) is 1.62. The summed E-state index contributed by atoms with van der Waals surface area (Å²) in [7, 11) is 0. The molecule has 0 aliphatic rings. The molecule has 0 aromatic heterocycles. The first kappa shape index (κ1) is 7.54. The number of hydrogen-bond acceptors (Lipinski definition) is 1. The molecule has 0 aromatic carbocycles. The molecule has 0 aliphatic heterocycles. The highest BCUT2D eigenvalue weighted by Gasteiger charge is 1.70. The quantitative estimate of drug-likeness (QED) is 0.510. The summed E-state index contributed by atoms with van der Waals surface area (Å²) >= 11 is 0. The van der Waals surface area contributed by atoms with E-state index in [-0.39, 0.29) is 0 Å². The van der Waals surface area contributed by atoms with Gasteiger partial charge in [0.05, 0.1) is 12.9 Å². The van der Waals surface area contributed by atoms with E-state index < -0.39 is 0 Å². The minimum Gasteiger partial charge on any atom is -0.502 e. The molecule has 0 bridgehead atoms. The van der Waals surface area contributed by atoms with E-state index in [4.69, 9.17) is 4.74 Å². The smallest absolute Gasteiger partial charge is 0.0845 e. The van der Waals surface area contributed by atoms with Gasteiger partial charge >= 0.3 is 0 Å². The zero-order valence-electron chi connectivity index (χ0n) is 5.68. The van der Waals surface area contributed by atoms with Crippen LogP contribution in [-0.2, 0) is 4.74 Å². The number of ether oxygens (including phenoxy) is 1. The van der Waals surface area contributed by atoms with Gasteiger partial charge in [0.25, 0.3) is 0 Å². The minimum atomic E-state index is 0.778. The molecule has 0 unspecified atom stereocenters. The maximum Gasteiger partial charge on any atom is 0.0845 e. The molecule has 0 radical (unpaired) electrons. The van der Waals surface area contributed by atoms with Gasteiger partial charge in [-0.2, -0.15) is 0 Å². The van der Waals surface area contributed by atoms with Crippen LogP contribution >= 0.6 is 0 Å². The van der Waals surface area contributed by atoms with Crippen molar-refractivity contribution in [1.29, 1.82) is 0 Å². The molecule has 0 saturated carbocycles. The van der Waals surface area contributed by atoms with Crippen LogP contribution in [0.2, 0.25) is 0 Å². The zero-order chi connectivity index (χ0) is 6.24. The molecule has 0 fully saturated rings. The predicted molar refractivity (Wildman–Crippen MR) is 35.7 cm³/mol. The second kappa shape index (κ2) is 6.54. The molecule has 0 aromatic rings. The SMILES string of the molecule is CCC/C=C/OCC. The third-order valence-electron chi connectivity index (χ3n) is 0.814. The van der Waals surface area contributed by atoms with Crippen molar-refractivity contribution in [1.82, 2.24) is 0 Å². The lowest BCUT2D eigenvalue weighted by Crippen LogP contribution is -1.75. The van der Waals surface area contributed by atoms with Gasteiger partial charge < -0.3 is 4.74 Å². The van der Waals surface area contributed by atoms with Gasteiger partial charge in [0, 0.05) is 0 Å². The highest BCUT2D eigenvalue weighted by Crippen LogP contribution is 1.87. The van der Waals surface area contributed by atoms with Crippen LogP contribution in [-0.4, -0.2) is 6.61 Å². The van der Waals surface area contributed by atoms with E-state index in [1.54, 1.807) is 6.26 Å². The summed E-state index contributed by atoms with van der Waals surface area (Å²) in [5.74, 6) is 0. The van der Waals surface area contributed by atoms with Gasteiger partial charge in [-0.15, -0.1) is 0 Å². The average molecular weight is 114 g/mol. The Labute approximate surface area is 51.4 Å². The predicted octanol–water partition coefficient (Wildman–Crippen LogP) is 2.34. The van der Waals surface area contributed by atoms with Crippen LogP contribution in [0.1, 0.15) is 26.7 Å². The van der Waals surface area contributed by atoms with Crippen molar-refractivity contribution < 1.29 is 4.74 Å². The number of allylic oxidation sites excluding steroid dienone is 1. The van der Waals surface area contributed by atoms with Crippen LogP contribution in [0.15, 0.2) is 12.3 Å². The summed E-state index contributed by atoms with van der Waals surface area (Å²) in [5.41, 5.74) is 0. The summed E-state index contributed by atoms with van der Waals surface area (Å²) in [4.78, 5) is 0. The molecule has 8 heavy (non-hydrogen) atoms. The summed E-state index contributed by atoms with van der Waals surface area (Å²) in [5, 5.41) is 0. The molecule has 1 nitrogen and oxygen atoms in total. The van der Waals surface area contributed by atoms with Gasteiger partial charge in [-0.25, -0.2) is 0 Å². The fourth-order valence-electron chi connectivity index (χ4n) is 0.399. The van der Waals surface area contributed by atoms with Gasteiger partial charge in [-0.1, -0.05) is 13.3 Å². The first-order valence-corrected chi connectivity index (χ1v) is 3.18. The van der Waals surface area contributed by atoms with E-state index in [0.717, 1.165) is 13.0 Å². The lowest BCUT2D eigenvalue weighted by molar-refractivity contribution is 0.268. The first-order valence-electron chi connectivity index (χ1n) is 3.18. The van der Waals surface area contributed by atoms with Gasteiger partial charge in [0.15, 0.2) is 0 Å². The molecule has 0 N–H and O–H groups in total. The third-order valence-corrected chi connectivity index (χ3v) is 0.814. The minimum absolute atomic E-state index is 0.778. The van der Waals surface area contributed by atoms with Crippen molar-refractivity contribution in [2.45, 2.75) is 26.7 Å². The normalized spacial score (nSPS) is 10.2. The van der Waals surface area contributed by atoms with Crippen LogP contribution in [0, 0.1) is 0 Å². The van der Waals surface area contributed by atoms with Crippen LogP contribution < -0.4 is 0 Å². The molecular weight excluding hydrogens is 100 g/mol. The Morgan fingerprint density at radius 2 is 2.12 bits per heavy atom. The number of hydrogen-bond donors (Lipinski definition) is 0. The topological polar surface area (TPSA) is 9.23 Å². The van der Waals surface area contributed by atoms with E-state index in [2.05, 4.69) is 6.92 Å². The van der Waals surface area contributed by atoms with E-state index >= 15 is 0 Å². The Hall–Kier alpha value is -0.460. The van der Waals surface area contributed by atoms with E-state index in [1.807, 2.05) is 13.0 Å². The molecule has 0 spiro atoms. The Bertz CT molecular complexity index is 49.4. The van der Waals surface area contributed by atoms with Gasteiger partial charge in [-0.05, 0) is 19.4 Å². The second-order valence-electron chi connectivity index (χ2n) is 1.62. The van der Waals surface area contributed by atoms with Crippen LogP contribution in [0.25, 0.3) is 0 Å². The van der Waals surface area contributed by atoms with Crippen molar-refractivity contribution in [2.75, 3.05) is 6.61 Å². The average Bonchev–Trinajstić information content (AvgIpc) is 1.81. The highest BCUT2D eigenvalue weighted by molar-refractivity contribution is 4.71. The molecule has 0 saturated heterocycles. The molecule has 0 rings (SSSR count). The molecular formula is C7H14O. The van der Waals surface area contributed by atoms with Crippen molar-refractivity contribution in [3.05, 3.63) is 12.3 Å². The molecule has 0 amide bonds. The largest absolute Gasteiger partial charge is 0.502 e. The van der Waals surface area contributed by atoms with Crippen molar-refractivity contribution in [3.63, 3.8) is 0 Å². The standard InChI is InChI=1S/C7H14O/c1-3-5-6-7-8-4-2/h6-7H,3-5H2,1-2H3/b7-6+. The van der Waals surface area contributed by atoms with Crippen LogP contribution in [0.5, 0.6) is 0 Å². The van der Waals surface area contributed by atoms with E-state index in [9.17, 15) is 0 Å². The summed E-state index contributed by atoms with van der Waals surface area (Å²) in [6, 6.07) is 0. The van der Waals surface area contributed by atoms with Crippen molar-refractivity contribution in [2.24, 2.45) is 0 Å². The molecule has 48 valence electrons. The molecule has 1 heteroatoms. The third kappa shape index (κ3) is 5.54. The first-order chi connectivity index (χ1) is 3.91. The summed E-state index contributed by atoms with van der Waals surface area (Å²) < 4.78 is 4.96. The summed E-state index contributed by atoms with van der Waals surface area (Å²) in [6.45, 7) is 4.91. The Kier molecular flexibility index (Phi) is 6.16. The van der Waals surface area contributed by atoms with E-state index in [0.29, 0.717) is 0 Å². The van der Waals surface area contributed by atoms with Crippen LogP contribution in [0.3, 0.4) is 0 Å². The van der Waals surface area contributed by atoms with Crippen molar-refractivity contribution >= 4 is 0 Å². The fourth-order valence-corrected chi connectivity index (χ4v) is 0.399. The maximum atomic E-state index is 4.96. The molecule has 0 atom stereocenters. The zero-order valence-corrected chi connectivity index (χ0v) is 5.68. The monoisotopic (exact) mass is 114 g/mol. The maximum absolute atomic E-state index is 4.96. The van der Waals surface area contributed by atoms with Gasteiger partial charge in [0.1, 0.15) is 0 Å². The van der Waals surface area contributed by atoms with Crippen LogP contribution in [0.4, 0.5) is 0 Å². The highest BCUT2D eigenvalue weighted by atomic mass is 16.5. The van der Waals surface area contributed by atoms with Gasteiger partial charge in [0.2, 0.25) is 0 Å². The van der Waals surface area contributed by atoms with Crippen molar-refractivity contribution in [3.8, 4) is 0 Å².